The van der Waals surface area contributed by atoms with Gasteiger partial charge in [-0.05, 0) is 24.6 Å². The highest BCUT2D eigenvalue weighted by Gasteiger charge is 2.58. The largest absolute Gasteiger partial charge is 0.467 e. The lowest BCUT2D eigenvalue weighted by atomic mass is 10.1. The van der Waals surface area contributed by atoms with Crippen molar-refractivity contribution in [3.8, 4) is 0 Å². The molecule has 0 aromatic heterocycles. The summed E-state index contributed by atoms with van der Waals surface area (Å²) >= 11 is 1.59. The van der Waals surface area contributed by atoms with Crippen molar-refractivity contribution in [3.63, 3.8) is 0 Å². The van der Waals surface area contributed by atoms with Crippen LogP contribution in [0, 0.1) is 12.8 Å². The van der Waals surface area contributed by atoms with Crippen molar-refractivity contribution in [1.29, 1.82) is 0 Å². The monoisotopic (exact) mass is 391 g/mol. The normalized spacial score (nSPS) is 22.7. The Morgan fingerprint density at radius 3 is 2.43 bits per heavy atom. The zero-order chi connectivity index (χ0) is 19.7. The molecular formula is C23H21NO3S. The van der Waals surface area contributed by atoms with E-state index in [1.165, 1.54) is 12.7 Å². The first-order valence-electron chi connectivity index (χ1n) is 9.18. The van der Waals surface area contributed by atoms with Gasteiger partial charge in [0.2, 0.25) is 5.91 Å². The minimum absolute atomic E-state index is 0.0659. The molecule has 142 valence electrons. The maximum absolute atomic E-state index is 13.3. The van der Waals surface area contributed by atoms with Gasteiger partial charge in [0.05, 0.1) is 19.1 Å². The predicted octanol–water partition coefficient (Wildman–Crippen LogP) is 4.28. The second-order valence-electron chi connectivity index (χ2n) is 6.92. The lowest BCUT2D eigenvalue weighted by Gasteiger charge is -2.14. The molecule has 4 nitrogen and oxygen atoms in total. The second kappa shape index (κ2) is 7.68. The minimum atomic E-state index is -0.556. The van der Waals surface area contributed by atoms with Crippen molar-refractivity contribution in [3.05, 3.63) is 88.9 Å². The summed E-state index contributed by atoms with van der Waals surface area (Å²) in [5.74, 6) is -0.808. The Kier molecular flexibility index (Phi) is 5.09. The molecule has 1 heterocycles. The molecule has 1 unspecified atom stereocenters. The maximum Gasteiger partial charge on any atom is 0.331 e. The van der Waals surface area contributed by atoms with Crippen LogP contribution in [0.1, 0.15) is 17.2 Å². The van der Waals surface area contributed by atoms with Crippen LogP contribution >= 0.6 is 11.8 Å². The fraction of sp³-hybridized carbons (Fsp3) is 0.217. The van der Waals surface area contributed by atoms with Crippen LogP contribution in [0.2, 0.25) is 0 Å². The average Bonchev–Trinajstić information content (AvgIpc) is 3.31. The van der Waals surface area contributed by atoms with E-state index in [0.29, 0.717) is 0 Å². The van der Waals surface area contributed by atoms with E-state index in [9.17, 15) is 9.59 Å². The van der Waals surface area contributed by atoms with E-state index < -0.39 is 6.04 Å². The van der Waals surface area contributed by atoms with Crippen LogP contribution in [-0.4, -0.2) is 29.9 Å². The molecule has 1 saturated heterocycles. The standard InChI is InChI=1S/C23H21NO3S/c1-15-11-13-17(14-12-15)28-19-10-6-9-18(19)22(25)24-20(21(24)23(26)27-2)16-7-4-3-5-8-16/h3-14,18,20-21H,1-2H3/t18?,20-,21+,24?/m1/s1. The zero-order valence-corrected chi connectivity index (χ0v) is 16.6. The van der Waals surface area contributed by atoms with Crippen molar-refractivity contribution in [1.82, 2.24) is 4.90 Å². The van der Waals surface area contributed by atoms with Crippen LogP contribution in [0.3, 0.4) is 0 Å². The first-order valence-corrected chi connectivity index (χ1v) is 9.99. The van der Waals surface area contributed by atoms with Gasteiger partial charge >= 0.3 is 5.97 Å². The first-order chi connectivity index (χ1) is 13.6. The highest BCUT2D eigenvalue weighted by atomic mass is 32.2. The number of hydrogen-bond acceptors (Lipinski definition) is 4. The Balaban J connectivity index is 1.54. The molecule has 0 saturated carbocycles. The molecule has 2 aromatic carbocycles. The molecule has 1 fully saturated rings. The molecule has 0 spiro atoms. The van der Waals surface area contributed by atoms with Crippen molar-refractivity contribution in [2.24, 2.45) is 5.92 Å². The third-order valence-electron chi connectivity index (χ3n) is 5.04. The molecule has 0 N–H and O–H groups in total. The van der Waals surface area contributed by atoms with Gasteiger partial charge in [-0.15, -0.1) is 0 Å². The second-order valence-corrected chi connectivity index (χ2v) is 8.06. The van der Waals surface area contributed by atoms with Crippen LogP contribution in [0.4, 0.5) is 0 Å². The fourth-order valence-electron chi connectivity index (χ4n) is 3.53. The van der Waals surface area contributed by atoms with Gasteiger partial charge in [0.1, 0.15) is 0 Å². The number of allylic oxidation sites excluding steroid dienone is 2. The Bertz CT molecular complexity index is 950. The van der Waals surface area contributed by atoms with Gasteiger partial charge in [0.25, 0.3) is 0 Å². The molecule has 2 aliphatic rings. The highest BCUT2D eigenvalue weighted by Crippen LogP contribution is 2.47. The van der Waals surface area contributed by atoms with Crippen LogP contribution < -0.4 is 0 Å². The number of aryl methyl sites for hydroxylation is 1. The Morgan fingerprint density at radius 2 is 1.75 bits per heavy atom. The number of rotatable bonds is 5. The quantitative estimate of drug-likeness (QED) is 0.564. The van der Waals surface area contributed by atoms with Crippen LogP contribution in [0.25, 0.3) is 0 Å². The lowest BCUT2D eigenvalue weighted by Crippen LogP contribution is -2.25. The van der Waals surface area contributed by atoms with Gasteiger partial charge in [-0.3, -0.25) is 4.79 Å². The molecular weight excluding hydrogens is 370 g/mol. The number of methoxy groups -OCH3 is 1. The van der Waals surface area contributed by atoms with E-state index in [4.69, 9.17) is 4.74 Å². The maximum atomic E-state index is 13.3. The van der Waals surface area contributed by atoms with Crippen LogP contribution in [0.5, 0.6) is 0 Å². The molecule has 2 aromatic rings. The van der Waals surface area contributed by atoms with E-state index in [-0.39, 0.29) is 23.8 Å². The number of hydrogen-bond donors (Lipinski definition) is 0. The fourth-order valence-corrected chi connectivity index (χ4v) is 4.52. The molecule has 4 rings (SSSR count). The summed E-state index contributed by atoms with van der Waals surface area (Å²) in [5.41, 5.74) is 2.15. The van der Waals surface area contributed by atoms with E-state index in [1.54, 1.807) is 16.7 Å². The number of carbonyl (C=O) groups excluding carboxylic acids is 2. The lowest BCUT2D eigenvalue weighted by molar-refractivity contribution is -0.143. The molecule has 1 aliphatic heterocycles. The van der Waals surface area contributed by atoms with E-state index >= 15 is 0 Å². The minimum Gasteiger partial charge on any atom is -0.467 e. The Hall–Kier alpha value is -2.79. The smallest absolute Gasteiger partial charge is 0.331 e. The molecule has 1 amide bonds. The average molecular weight is 391 g/mol. The van der Waals surface area contributed by atoms with Gasteiger partial charge in [0, 0.05) is 9.80 Å². The summed E-state index contributed by atoms with van der Waals surface area (Å²) in [7, 11) is 1.36. The van der Waals surface area contributed by atoms with Gasteiger partial charge in [0.15, 0.2) is 6.04 Å². The molecule has 0 radical (unpaired) electrons. The van der Waals surface area contributed by atoms with Crippen LogP contribution in [0.15, 0.2) is 82.6 Å². The van der Waals surface area contributed by atoms with E-state index in [0.717, 1.165) is 15.4 Å². The van der Waals surface area contributed by atoms with E-state index in [1.807, 2.05) is 55.5 Å². The third-order valence-corrected chi connectivity index (χ3v) is 6.17. The summed E-state index contributed by atoms with van der Waals surface area (Å²) in [6.07, 6.45) is 5.78. The number of amides is 1. The number of benzene rings is 2. The van der Waals surface area contributed by atoms with Gasteiger partial charge in [-0.1, -0.05) is 78.0 Å². The van der Waals surface area contributed by atoms with Gasteiger partial charge in [-0.2, -0.15) is 0 Å². The summed E-state index contributed by atoms with van der Waals surface area (Å²) in [5, 5.41) is 0. The number of thioether (sulfide) groups is 1. The Morgan fingerprint density at radius 1 is 1.04 bits per heavy atom. The van der Waals surface area contributed by atoms with Crippen LogP contribution in [-0.2, 0) is 14.3 Å². The molecule has 0 bridgehead atoms. The third kappa shape index (κ3) is 3.50. The first kappa shape index (κ1) is 18.6. The van der Waals surface area contributed by atoms with Crippen molar-refractivity contribution < 1.29 is 14.3 Å². The van der Waals surface area contributed by atoms with E-state index in [2.05, 4.69) is 24.3 Å². The summed E-state index contributed by atoms with van der Waals surface area (Å²) in [4.78, 5) is 29.2. The molecule has 1 aliphatic carbocycles. The number of esters is 1. The SMILES string of the molecule is COC(=O)[C@@H]1[C@@H](c2ccccc2)N1C(=O)C1C=CC=C1Sc1ccc(C)cc1. The molecule has 3 atom stereocenters. The van der Waals surface area contributed by atoms with Crippen molar-refractivity contribution in [2.75, 3.05) is 7.11 Å². The highest BCUT2D eigenvalue weighted by molar-refractivity contribution is 8.03. The topological polar surface area (TPSA) is 46.4 Å². The summed E-state index contributed by atoms with van der Waals surface area (Å²) in [6.45, 7) is 2.05. The molecule has 28 heavy (non-hydrogen) atoms. The van der Waals surface area contributed by atoms with Gasteiger partial charge < -0.3 is 9.64 Å². The number of carbonyl (C=O) groups is 2. The number of nitrogens with zero attached hydrogens (tertiary/aromatic N) is 1. The van der Waals surface area contributed by atoms with Crippen molar-refractivity contribution >= 4 is 23.6 Å². The summed E-state index contributed by atoms with van der Waals surface area (Å²) in [6, 6.07) is 17.1. The predicted molar refractivity (Wildman–Crippen MR) is 110 cm³/mol. The Labute approximate surface area is 168 Å². The zero-order valence-electron chi connectivity index (χ0n) is 15.7. The molecule has 5 heteroatoms. The number of ether oxygens (including phenoxy) is 1. The van der Waals surface area contributed by atoms with Crippen molar-refractivity contribution in [2.45, 2.75) is 23.9 Å². The van der Waals surface area contributed by atoms with Gasteiger partial charge in [-0.25, -0.2) is 4.79 Å². The summed E-state index contributed by atoms with van der Waals surface area (Å²) < 4.78 is 4.93.